The summed E-state index contributed by atoms with van der Waals surface area (Å²) in [7, 11) is 6.44. The molecular weight excluding hydrogens is 1690 g/mol. The molecule has 0 fully saturated rings. The van der Waals surface area contributed by atoms with E-state index in [9.17, 15) is 36.7 Å². The average Bonchev–Trinajstić information content (AvgIpc) is 0.775. The molecule has 690 valence electrons. The maximum absolute atomic E-state index is 14.1. The number of hydrogen-bond acceptors (Lipinski definition) is 23. The highest BCUT2D eigenvalue weighted by Gasteiger charge is 2.30. The molecule has 0 aliphatic heterocycles. The Bertz CT molecular complexity index is 4880. The van der Waals surface area contributed by atoms with Crippen LogP contribution in [-0.2, 0) is 32.3 Å². The van der Waals surface area contributed by atoms with Gasteiger partial charge in [0.2, 0.25) is 46.1 Å². The van der Waals surface area contributed by atoms with Crippen molar-refractivity contribution in [2.24, 2.45) is 11.5 Å². The molecule has 0 saturated heterocycles. The molecule has 0 bridgehead atoms. The zero-order valence-electron chi connectivity index (χ0n) is 73.7. The highest BCUT2D eigenvalue weighted by Crippen LogP contribution is 2.33. The van der Waals surface area contributed by atoms with Gasteiger partial charge in [-0.1, -0.05) is 125 Å². The molecule has 6 aromatic carbocycles. The van der Waals surface area contributed by atoms with Gasteiger partial charge in [-0.2, -0.15) is 9.97 Å². The maximum atomic E-state index is 14.1. The van der Waals surface area contributed by atoms with Crippen molar-refractivity contribution in [2.75, 3.05) is 81.6 Å². The lowest BCUT2D eigenvalue weighted by Gasteiger charge is -2.32. The van der Waals surface area contributed by atoms with Crippen molar-refractivity contribution in [3.63, 3.8) is 0 Å². The number of fused-ring (bicyclic) bond motifs is 4. The Morgan fingerprint density at radius 2 is 0.760 bits per heavy atom. The van der Waals surface area contributed by atoms with Gasteiger partial charge in [0.15, 0.2) is 0 Å². The van der Waals surface area contributed by atoms with Crippen molar-refractivity contribution in [2.45, 2.75) is 224 Å². The smallest absolute Gasteiger partial charge is 0.225 e. The summed E-state index contributed by atoms with van der Waals surface area (Å²) in [4.78, 5) is 78.3. The van der Waals surface area contributed by atoms with Gasteiger partial charge in [0.1, 0.15) is 68.9 Å². The van der Waals surface area contributed by atoms with Gasteiger partial charge in [-0.15, -0.1) is 12.4 Å². The van der Waals surface area contributed by atoms with Crippen molar-refractivity contribution in [1.29, 1.82) is 0 Å². The van der Waals surface area contributed by atoms with E-state index >= 15 is 0 Å². The van der Waals surface area contributed by atoms with Gasteiger partial charge in [0, 0.05) is 142 Å². The highest BCUT2D eigenvalue weighted by molar-refractivity contribution is 6.35. The van der Waals surface area contributed by atoms with Crippen LogP contribution < -0.4 is 78.7 Å². The van der Waals surface area contributed by atoms with Gasteiger partial charge >= 0.3 is 0 Å². The summed E-state index contributed by atoms with van der Waals surface area (Å²) in [6.07, 6.45) is 11.8. The molecule has 14 N–H and O–H groups in total. The zero-order valence-corrected chi connectivity index (χ0v) is 76.8. The third-order valence-electron chi connectivity index (χ3n) is 18.7. The number of rotatable bonds is 34. The minimum absolute atomic E-state index is 0. The molecule has 4 amide bonds. The summed E-state index contributed by atoms with van der Waals surface area (Å²) in [5, 5.41) is 27.8. The topological polar surface area (TPSA) is 383 Å². The number of nitrogen functional groups attached to an aromatic ring is 1. The number of amides is 4. The molecule has 125 heavy (non-hydrogen) atoms. The van der Waals surface area contributed by atoms with E-state index in [1.165, 1.54) is 82.3 Å². The van der Waals surface area contributed by atoms with Crippen molar-refractivity contribution in [3.8, 4) is 23.0 Å². The van der Waals surface area contributed by atoms with E-state index in [1.54, 1.807) is 46.6 Å². The van der Waals surface area contributed by atoms with Gasteiger partial charge < -0.3 is 78.7 Å². The van der Waals surface area contributed by atoms with Crippen LogP contribution in [0.25, 0.3) is 43.6 Å². The number of ether oxygens (including phenoxy) is 4. The van der Waals surface area contributed by atoms with E-state index in [0.717, 1.165) is 99.7 Å². The summed E-state index contributed by atoms with van der Waals surface area (Å²) in [5.41, 5.74) is 19.3. The van der Waals surface area contributed by atoms with Gasteiger partial charge in [0.05, 0.1) is 67.1 Å². The van der Waals surface area contributed by atoms with Crippen LogP contribution in [0, 0.1) is 23.3 Å². The van der Waals surface area contributed by atoms with Crippen LogP contribution in [0.15, 0.2) is 109 Å². The number of carbonyl (C=O) groups excluding carboxylic acids is 4. The molecule has 0 aliphatic rings. The number of unbranched alkanes of at least 4 members (excludes halogenated alkanes) is 4. The lowest BCUT2D eigenvalue weighted by molar-refractivity contribution is -0.120. The molecule has 0 radical (unpaired) electrons. The Morgan fingerprint density at radius 3 is 1.14 bits per heavy atom. The molecule has 0 spiro atoms. The first-order chi connectivity index (χ1) is 57.9. The van der Waals surface area contributed by atoms with Crippen LogP contribution in [-0.4, -0.2) is 140 Å². The number of hydrogen-bond donors (Lipinski definition) is 11. The first-order valence-electron chi connectivity index (χ1n) is 40.5. The van der Waals surface area contributed by atoms with Gasteiger partial charge in [-0.3, -0.25) is 19.2 Å². The lowest BCUT2D eigenvalue weighted by atomic mass is 9.94. The maximum Gasteiger partial charge on any atom is 0.225 e. The van der Waals surface area contributed by atoms with E-state index in [1.807, 2.05) is 77.9 Å². The Morgan fingerprint density at radius 1 is 0.424 bits per heavy atom. The Labute approximate surface area is 755 Å². The second kappa shape index (κ2) is 56.5. The number of nitrogens with two attached hydrogens (primary N) is 3. The number of anilines is 5. The Hall–Kier alpha value is -10.4. The van der Waals surface area contributed by atoms with Crippen LogP contribution in [0.3, 0.4) is 0 Å². The molecule has 4 aromatic heterocycles. The van der Waals surface area contributed by atoms with Crippen molar-refractivity contribution in [3.05, 3.63) is 159 Å². The molecule has 0 unspecified atom stereocenters. The molecule has 0 saturated carbocycles. The summed E-state index contributed by atoms with van der Waals surface area (Å²) < 4.78 is 74.6. The molecule has 4 atom stereocenters. The fourth-order valence-electron chi connectivity index (χ4n) is 12.0. The SMILES string of the molecule is C.C.CC.CCCC[C@@](C)(N)CNC(C)=O.CCCC[C@](C)(CNC(C)=O)Nc1nc(Cl)nc2cc(F)ccc12.CCCC[C@](C)(CNC(C)=O)Nc1nc(N)nc2cc(F)ccc12.CCCC[C@](C)(CNC(C)=O)Nc1nc(NCc2ccc(OC)cc2OC)nc2cc(F)ccc12.COc1ccc(CN)c(OC)c1.Cl.Fc1ccc2c(Cl)nc(Cl)nc2c1. The summed E-state index contributed by atoms with van der Waals surface area (Å²) in [6, 6.07) is 28.3. The minimum Gasteiger partial charge on any atom is -0.497 e. The number of nitrogens with one attached hydrogen (secondary N) is 8. The molecule has 4 heterocycles. The van der Waals surface area contributed by atoms with Crippen LogP contribution in [0.2, 0.25) is 15.7 Å². The molecule has 35 heteroatoms. The van der Waals surface area contributed by atoms with E-state index in [2.05, 4.69) is 105 Å². The Balaban J connectivity index is 0.000000777. The third kappa shape index (κ3) is 39.3. The number of methoxy groups -OCH3 is 4. The van der Waals surface area contributed by atoms with Crippen molar-refractivity contribution < 1.29 is 55.7 Å². The number of halogens is 8. The third-order valence-corrected chi connectivity index (χ3v) is 19.4. The monoisotopic (exact) mass is 1820 g/mol. The first kappa shape index (κ1) is 113. The fourth-order valence-corrected chi connectivity index (χ4v) is 12.6. The van der Waals surface area contributed by atoms with Crippen LogP contribution >= 0.6 is 47.2 Å². The number of aromatic nitrogens is 8. The minimum atomic E-state index is -0.451. The van der Waals surface area contributed by atoms with Crippen LogP contribution in [0.1, 0.15) is 200 Å². The quantitative estimate of drug-likeness (QED) is 0.0101. The van der Waals surface area contributed by atoms with E-state index < -0.39 is 16.6 Å². The summed E-state index contributed by atoms with van der Waals surface area (Å²) in [5.74, 6) is 3.20. The molecule has 27 nitrogen and oxygen atoms in total. The standard InChI is InChI=1S/C26H34FN5O3.C17H22ClFN4O.C17H24FN5O.C9H20N2O.C9H13NO2.C8H3Cl2FN2.C2H6.2CH4.ClH/c1-6-7-12-26(3,16-29-17(2)33)32-24-21-11-9-19(27)13-22(21)30-25(31-24)28-15-18-8-10-20(34-4)14-23(18)35-5;1-4-5-8-17(3,10-20-11(2)24)23-15-13-7-6-12(19)9-14(13)21-16(18)22-15;1-4-5-8-17(3,10-20-11(2)24)23-15-13-7-6-12(18)9-14(13)21-16(19)22-15;1-4-5-6-9(3,10)7-11-8(2)12;1-11-8-4-3-7(6-10)9(5-8)12-2;9-7-5-2-1-4(11)3-6(5)12-8(10)13-7;1-2;;;/h8-11,13-14H,6-7,12,15-16H2,1-5H3,(H,29,33)(H2,28,30,31,32);6-7,9H,4-5,8,10H2,1-3H3,(H,20,24)(H,21,22,23);6-7,9H,4-5,8,10H2,1-3H3,(H,20,24)(H3,19,21,22,23);4-7,10H2,1-3H3,(H,11,12);3-5H,6,10H2,1-2H3;1-3H;1-2H3;2*1H4;1H/t26-;2*17-;9-;;;;;;/m1111....../s1. The normalized spacial score (nSPS) is 12.3. The van der Waals surface area contributed by atoms with E-state index in [4.69, 9.17) is 75.9 Å². The first-order valence-corrected chi connectivity index (χ1v) is 41.6. The lowest BCUT2D eigenvalue weighted by Crippen LogP contribution is -2.47. The number of nitrogens with zero attached hydrogens (tertiary/aromatic N) is 8. The van der Waals surface area contributed by atoms with Crippen molar-refractivity contribution in [1.82, 2.24) is 61.1 Å². The van der Waals surface area contributed by atoms with Crippen molar-refractivity contribution >= 4 is 144 Å². The molecule has 10 rings (SSSR count). The van der Waals surface area contributed by atoms with Crippen LogP contribution in [0.5, 0.6) is 23.0 Å². The summed E-state index contributed by atoms with van der Waals surface area (Å²) >= 11 is 17.3. The summed E-state index contributed by atoms with van der Waals surface area (Å²) in [6.45, 7) is 29.3. The van der Waals surface area contributed by atoms with E-state index in [0.29, 0.717) is 118 Å². The number of benzene rings is 6. The predicted molar refractivity (Wildman–Crippen MR) is 505 cm³/mol. The van der Waals surface area contributed by atoms with Gasteiger partial charge in [0.25, 0.3) is 0 Å². The second-order valence-corrected chi connectivity index (χ2v) is 30.8. The van der Waals surface area contributed by atoms with E-state index in [-0.39, 0.29) is 101 Å². The molecular formula is C90H131Cl4F4N19O8. The second-order valence-electron chi connectivity index (χ2n) is 29.8. The number of carbonyl (C=O) groups is 4. The van der Waals surface area contributed by atoms with Crippen LogP contribution in [0.4, 0.5) is 46.9 Å². The highest BCUT2D eigenvalue weighted by atomic mass is 35.5. The average molecular weight is 1820 g/mol. The predicted octanol–water partition coefficient (Wildman–Crippen LogP) is 19.7. The van der Waals surface area contributed by atoms with Gasteiger partial charge in [-0.25, -0.2) is 47.5 Å². The molecule has 0 aliphatic carbocycles. The molecule has 10 aromatic rings. The largest absolute Gasteiger partial charge is 0.497 e. The fraction of sp³-hybridized carbons (Fsp3) is 0.467. The zero-order chi connectivity index (χ0) is 90.9. The van der Waals surface area contributed by atoms with Gasteiger partial charge in [-0.05, 0) is 143 Å². The Kier molecular flexibility index (Phi) is 50.9.